The summed E-state index contributed by atoms with van der Waals surface area (Å²) in [4.78, 5) is 17.9. The zero-order chi connectivity index (χ0) is 15.9. The molecule has 1 amide bonds. The smallest absolute Gasteiger partial charge is 0.260 e. The van der Waals surface area contributed by atoms with Crippen molar-refractivity contribution in [2.24, 2.45) is 0 Å². The quantitative estimate of drug-likeness (QED) is 0.797. The average molecular weight is 319 g/mol. The van der Waals surface area contributed by atoms with Gasteiger partial charge in [-0.3, -0.25) is 4.79 Å². The van der Waals surface area contributed by atoms with Crippen LogP contribution in [0.25, 0.3) is 11.3 Å². The molecule has 5 nitrogen and oxygen atoms in total. The first-order valence-corrected chi connectivity index (χ1v) is 8.21. The van der Waals surface area contributed by atoms with E-state index in [2.05, 4.69) is 11.9 Å². The first-order valence-electron chi connectivity index (χ1n) is 7.26. The molecular formula is C16H21N3O2S. The van der Waals surface area contributed by atoms with Gasteiger partial charge in [0.1, 0.15) is 5.75 Å². The van der Waals surface area contributed by atoms with Gasteiger partial charge in [0, 0.05) is 24.5 Å². The van der Waals surface area contributed by atoms with E-state index in [1.54, 1.807) is 23.5 Å². The highest BCUT2D eigenvalue weighted by Gasteiger charge is 2.11. The van der Waals surface area contributed by atoms with Gasteiger partial charge in [0.2, 0.25) is 0 Å². The first-order chi connectivity index (χ1) is 10.6. The molecule has 6 heteroatoms. The van der Waals surface area contributed by atoms with Crippen molar-refractivity contribution in [1.82, 2.24) is 9.88 Å². The van der Waals surface area contributed by atoms with Crippen LogP contribution in [-0.2, 0) is 4.79 Å². The Kier molecular flexibility index (Phi) is 5.77. The van der Waals surface area contributed by atoms with Gasteiger partial charge in [-0.05, 0) is 24.6 Å². The molecule has 0 aliphatic carbocycles. The van der Waals surface area contributed by atoms with Crippen LogP contribution in [0.4, 0.5) is 5.69 Å². The highest BCUT2D eigenvalue weighted by atomic mass is 32.1. The molecule has 0 atom stereocenters. The number of benzene rings is 1. The maximum absolute atomic E-state index is 11.9. The molecule has 0 aliphatic heterocycles. The van der Waals surface area contributed by atoms with Crippen LogP contribution in [0.3, 0.4) is 0 Å². The normalized spacial score (nSPS) is 10.5. The second kappa shape index (κ2) is 7.79. The molecule has 0 fully saturated rings. The van der Waals surface area contributed by atoms with Gasteiger partial charge < -0.3 is 15.4 Å². The van der Waals surface area contributed by atoms with Crippen LogP contribution in [-0.4, -0.2) is 36.0 Å². The van der Waals surface area contributed by atoms with Crippen molar-refractivity contribution in [3.05, 3.63) is 29.1 Å². The number of rotatable bonds is 7. The number of nitrogens with zero attached hydrogens (tertiary/aromatic N) is 2. The lowest BCUT2D eigenvalue weighted by Crippen LogP contribution is -2.32. The number of hydrogen-bond acceptors (Lipinski definition) is 5. The van der Waals surface area contributed by atoms with Crippen LogP contribution in [0.15, 0.2) is 29.1 Å². The summed E-state index contributed by atoms with van der Waals surface area (Å²) in [6.07, 6.45) is 2.05. The highest BCUT2D eigenvalue weighted by Crippen LogP contribution is 2.28. The van der Waals surface area contributed by atoms with Crippen molar-refractivity contribution in [2.45, 2.75) is 19.8 Å². The van der Waals surface area contributed by atoms with Gasteiger partial charge in [-0.2, -0.15) is 0 Å². The third-order valence-corrected chi connectivity index (χ3v) is 3.95. The number of likely N-dealkylation sites (N-methyl/N-ethyl adjacent to an activating group) is 1. The highest BCUT2D eigenvalue weighted by molar-refractivity contribution is 7.07. The Morgan fingerprint density at radius 3 is 2.91 bits per heavy atom. The Morgan fingerprint density at radius 2 is 2.27 bits per heavy atom. The van der Waals surface area contributed by atoms with Crippen molar-refractivity contribution < 1.29 is 9.53 Å². The molecule has 118 valence electrons. The summed E-state index contributed by atoms with van der Waals surface area (Å²) in [7, 11) is 1.79. The third-order valence-electron chi connectivity index (χ3n) is 3.36. The second-order valence-electron chi connectivity index (χ2n) is 5.08. The molecule has 0 aliphatic rings. The zero-order valence-electron chi connectivity index (χ0n) is 12.9. The van der Waals surface area contributed by atoms with E-state index in [9.17, 15) is 4.79 Å². The third kappa shape index (κ3) is 4.21. The predicted molar refractivity (Wildman–Crippen MR) is 90.0 cm³/mol. The number of hydrogen-bond donors (Lipinski definition) is 1. The summed E-state index contributed by atoms with van der Waals surface area (Å²) in [5.74, 6) is 0.479. The summed E-state index contributed by atoms with van der Waals surface area (Å²) in [5.41, 5.74) is 10.1. The summed E-state index contributed by atoms with van der Waals surface area (Å²) in [6, 6.07) is 5.49. The molecule has 1 aromatic carbocycles. The number of ether oxygens (including phenoxy) is 1. The number of nitrogen functional groups attached to an aromatic ring is 1. The second-order valence-corrected chi connectivity index (χ2v) is 5.80. The molecule has 0 spiro atoms. The van der Waals surface area contributed by atoms with Crippen LogP contribution in [0.1, 0.15) is 19.8 Å². The topological polar surface area (TPSA) is 68.5 Å². The minimum atomic E-state index is -0.0450. The lowest BCUT2D eigenvalue weighted by atomic mass is 10.1. The van der Waals surface area contributed by atoms with E-state index in [0.717, 1.165) is 30.6 Å². The lowest BCUT2D eigenvalue weighted by Gasteiger charge is -2.17. The minimum absolute atomic E-state index is 0.000458. The molecular weight excluding hydrogens is 298 g/mol. The minimum Gasteiger partial charge on any atom is -0.482 e. The standard InChI is InChI=1S/C16H21N3O2S/c1-3-4-7-19(2)16(20)9-21-15-6-5-12(8-13(15)17)14-10-22-11-18-14/h5-6,8,10-11H,3-4,7,9,17H2,1-2H3. The summed E-state index contributed by atoms with van der Waals surface area (Å²) >= 11 is 1.53. The van der Waals surface area contributed by atoms with E-state index in [-0.39, 0.29) is 12.5 Å². The van der Waals surface area contributed by atoms with Gasteiger partial charge >= 0.3 is 0 Å². The molecule has 22 heavy (non-hydrogen) atoms. The number of anilines is 1. The Labute approximate surface area is 134 Å². The fraction of sp³-hybridized carbons (Fsp3) is 0.375. The van der Waals surface area contributed by atoms with E-state index in [4.69, 9.17) is 10.5 Å². The van der Waals surface area contributed by atoms with Crippen molar-refractivity contribution in [1.29, 1.82) is 0 Å². The Balaban J connectivity index is 1.95. The molecule has 0 radical (unpaired) electrons. The average Bonchev–Trinajstić information content (AvgIpc) is 3.05. The lowest BCUT2D eigenvalue weighted by molar-refractivity contribution is -0.132. The molecule has 2 aromatic rings. The SMILES string of the molecule is CCCCN(C)C(=O)COc1ccc(-c2cscn2)cc1N. The van der Waals surface area contributed by atoms with Crippen LogP contribution in [0, 0.1) is 0 Å². The van der Waals surface area contributed by atoms with Gasteiger partial charge in [-0.1, -0.05) is 13.3 Å². The van der Waals surface area contributed by atoms with Gasteiger partial charge in [0.15, 0.2) is 6.61 Å². The maximum atomic E-state index is 11.9. The fourth-order valence-electron chi connectivity index (χ4n) is 1.96. The molecule has 2 N–H and O–H groups in total. The molecule has 1 aromatic heterocycles. The van der Waals surface area contributed by atoms with Gasteiger partial charge in [-0.25, -0.2) is 4.98 Å². The largest absolute Gasteiger partial charge is 0.482 e. The van der Waals surface area contributed by atoms with Gasteiger partial charge in [0.25, 0.3) is 5.91 Å². The number of thiazole rings is 1. The molecule has 1 heterocycles. The fourth-order valence-corrected chi connectivity index (χ4v) is 2.53. The monoisotopic (exact) mass is 319 g/mol. The number of amides is 1. The molecule has 0 unspecified atom stereocenters. The summed E-state index contributed by atoms with van der Waals surface area (Å²) in [6.45, 7) is 2.84. The van der Waals surface area contributed by atoms with Crippen LogP contribution in [0.2, 0.25) is 0 Å². The van der Waals surface area contributed by atoms with Gasteiger partial charge in [0.05, 0.1) is 16.9 Å². The van der Waals surface area contributed by atoms with Crippen molar-refractivity contribution in [3.8, 4) is 17.0 Å². The van der Waals surface area contributed by atoms with Crippen molar-refractivity contribution in [2.75, 3.05) is 25.9 Å². The molecule has 0 saturated carbocycles. The summed E-state index contributed by atoms with van der Waals surface area (Å²) in [5, 5.41) is 1.96. The van der Waals surface area contributed by atoms with Crippen molar-refractivity contribution in [3.63, 3.8) is 0 Å². The van der Waals surface area contributed by atoms with E-state index in [0.29, 0.717) is 11.4 Å². The Bertz CT molecular complexity index is 614. The maximum Gasteiger partial charge on any atom is 0.260 e. The van der Waals surface area contributed by atoms with E-state index < -0.39 is 0 Å². The molecule has 0 bridgehead atoms. The Hall–Kier alpha value is -2.08. The molecule has 0 saturated heterocycles. The van der Waals surface area contributed by atoms with Crippen LogP contribution < -0.4 is 10.5 Å². The predicted octanol–water partition coefficient (Wildman–Crippen LogP) is 3.03. The Morgan fingerprint density at radius 1 is 1.45 bits per heavy atom. The van der Waals surface area contributed by atoms with E-state index in [1.165, 1.54) is 11.3 Å². The molecule has 2 rings (SSSR count). The van der Waals surface area contributed by atoms with Crippen molar-refractivity contribution >= 4 is 22.9 Å². The number of nitrogens with two attached hydrogens (primary N) is 1. The van der Waals surface area contributed by atoms with Crippen LogP contribution in [0.5, 0.6) is 5.75 Å². The van der Waals surface area contributed by atoms with Crippen LogP contribution >= 0.6 is 11.3 Å². The zero-order valence-corrected chi connectivity index (χ0v) is 13.7. The van der Waals surface area contributed by atoms with E-state index >= 15 is 0 Å². The van der Waals surface area contributed by atoms with Gasteiger partial charge in [-0.15, -0.1) is 11.3 Å². The number of aromatic nitrogens is 1. The number of carbonyl (C=O) groups is 1. The summed E-state index contributed by atoms with van der Waals surface area (Å²) < 4.78 is 5.54. The van der Waals surface area contributed by atoms with E-state index in [1.807, 2.05) is 17.5 Å². The first kappa shape index (κ1) is 16.3. The number of carbonyl (C=O) groups excluding carboxylic acids is 1. The number of unbranched alkanes of at least 4 members (excludes halogenated alkanes) is 1.